The third-order valence-corrected chi connectivity index (χ3v) is 6.98. The number of carbonyl (C=O) groups is 3. The molecule has 1 atom stereocenters. The number of anilines is 1. The van der Waals surface area contributed by atoms with Gasteiger partial charge in [-0.15, -0.1) is 11.3 Å². The highest BCUT2D eigenvalue weighted by molar-refractivity contribution is 7.18. The lowest BCUT2D eigenvalue weighted by Gasteiger charge is -2.33. The highest BCUT2D eigenvalue weighted by atomic mass is 32.1. The predicted molar refractivity (Wildman–Crippen MR) is 120 cm³/mol. The number of hydrogen-bond donors (Lipinski definition) is 1. The quantitative estimate of drug-likeness (QED) is 0.614. The van der Waals surface area contributed by atoms with E-state index >= 15 is 0 Å². The highest BCUT2D eigenvalue weighted by Gasteiger charge is 2.35. The van der Waals surface area contributed by atoms with Gasteiger partial charge in [0.2, 0.25) is 0 Å². The number of amides is 1. The van der Waals surface area contributed by atoms with Gasteiger partial charge in [-0.3, -0.25) is 4.79 Å². The van der Waals surface area contributed by atoms with Gasteiger partial charge in [0.05, 0.1) is 18.8 Å². The lowest BCUT2D eigenvalue weighted by atomic mass is 9.71. The highest BCUT2D eigenvalue weighted by Crippen LogP contribution is 2.39. The van der Waals surface area contributed by atoms with Gasteiger partial charge in [0, 0.05) is 12.0 Å². The summed E-state index contributed by atoms with van der Waals surface area (Å²) in [5, 5.41) is 7.02. The van der Waals surface area contributed by atoms with E-state index in [1.807, 2.05) is 0 Å². The van der Waals surface area contributed by atoms with Crippen molar-refractivity contribution in [3.63, 3.8) is 0 Å². The Morgan fingerprint density at radius 1 is 1.16 bits per heavy atom. The lowest BCUT2D eigenvalue weighted by molar-refractivity contribution is 0.0527. The first kappa shape index (κ1) is 24.0. The van der Waals surface area contributed by atoms with Crippen LogP contribution in [0.2, 0.25) is 0 Å². The maximum absolute atomic E-state index is 13.2. The summed E-state index contributed by atoms with van der Waals surface area (Å²) in [5.41, 5.74) is 1.69. The number of rotatable bonds is 6. The van der Waals surface area contributed by atoms with E-state index in [0.29, 0.717) is 17.9 Å². The number of hydrogen-bond acceptors (Lipinski definition) is 8. The van der Waals surface area contributed by atoms with E-state index in [1.165, 1.54) is 0 Å². The second-order valence-corrected chi connectivity index (χ2v) is 9.91. The van der Waals surface area contributed by atoms with Gasteiger partial charge in [-0.2, -0.15) is 0 Å². The Morgan fingerprint density at radius 3 is 2.44 bits per heavy atom. The Bertz CT molecular complexity index is 1030. The predicted octanol–water partition coefficient (Wildman–Crippen LogP) is 4.80. The molecule has 2 aromatic rings. The summed E-state index contributed by atoms with van der Waals surface area (Å²) >= 11 is 0.990. The number of nitrogens with zero attached hydrogens (tertiary/aromatic N) is 1. The van der Waals surface area contributed by atoms with Crippen molar-refractivity contribution in [2.45, 2.75) is 60.8 Å². The monoisotopic (exact) mass is 462 g/mol. The molecule has 8 nitrogen and oxygen atoms in total. The van der Waals surface area contributed by atoms with E-state index in [1.54, 1.807) is 20.8 Å². The minimum absolute atomic E-state index is 0.0964. The number of ether oxygens (including phenoxy) is 2. The van der Waals surface area contributed by atoms with E-state index in [4.69, 9.17) is 14.0 Å². The first-order chi connectivity index (χ1) is 15.1. The van der Waals surface area contributed by atoms with Crippen LogP contribution < -0.4 is 5.32 Å². The Kier molecular flexibility index (Phi) is 7.07. The van der Waals surface area contributed by atoms with Crippen LogP contribution in [0.5, 0.6) is 0 Å². The molecular weight excluding hydrogens is 432 g/mol. The maximum Gasteiger partial charge on any atom is 0.348 e. The standard InChI is InChI=1S/C23H30N2O6S/c1-7-29-21(27)16-12(3)18(22(28)30-8-2)32-20(16)24-19(26)17-14-11-13(23(4,5)6)9-10-15(14)31-25-17/h13H,7-11H2,1-6H3,(H,24,26)/t13-/m0/s1. The molecule has 1 aliphatic rings. The number of fused-ring (bicyclic) bond motifs is 1. The van der Waals surface area contributed by atoms with Crippen molar-refractivity contribution < 1.29 is 28.4 Å². The molecule has 0 aromatic carbocycles. The first-order valence-electron chi connectivity index (χ1n) is 10.8. The van der Waals surface area contributed by atoms with Gasteiger partial charge >= 0.3 is 11.9 Å². The first-order valence-corrected chi connectivity index (χ1v) is 11.7. The van der Waals surface area contributed by atoms with Crippen LogP contribution in [0.25, 0.3) is 0 Å². The van der Waals surface area contributed by atoms with Crippen molar-refractivity contribution in [1.82, 2.24) is 5.16 Å². The lowest BCUT2D eigenvalue weighted by Crippen LogP contribution is -2.27. The van der Waals surface area contributed by atoms with Crippen molar-refractivity contribution in [1.29, 1.82) is 0 Å². The van der Waals surface area contributed by atoms with Crippen molar-refractivity contribution in [2.24, 2.45) is 11.3 Å². The van der Waals surface area contributed by atoms with Crippen LogP contribution in [-0.4, -0.2) is 36.2 Å². The molecule has 0 bridgehead atoms. The smallest absolute Gasteiger partial charge is 0.348 e. The largest absolute Gasteiger partial charge is 0.462 e. The molecule has 0 spiro atoms. The van der Waals surface area contributed by atoms with Crippen molar-refractivity contribution in [3.05, 3.63) is 33.0 Å². The average molecular weight is 463 g/mol. The zero-order valence-corrected chi connectivity index (χ0v) is 20.2. The van der Waals surface area contributed by atoms with Gasteiger partial charge in [0.25, 0.3) is 5.91 Å². The minimum Gasteiger partial charge on any atom is -0.462 e. The number of aromatic nitrogens is 1. The number of esters is 2. The van der Waals surface area contributed by atoms with Crippen LogP contribution in [0.15, 0.2) is 4.52 Å². The van der Waals surface area contributed by atoms with Gasteiger partial charge < -0.3 is 19.3 Å². The maximum atomic E-state index is 13.2. The third kappa shape index (κ3) is 4.72. The average Bonchev–Trinajstić information content (AvgIpc) is 3.28. The van der Waals surface area contributed by atoms with Crippen molar-refractivity contribution in [2.75, 3.05) is 18.5 Å². The van der Waals surface area contributed by atoms with Crippen LogP contribution >= 0.6 is 11.3 Å². The molecule has 0 unspecified atom stereocenters. The number of thiophene rings is 1. The fraction of sp³-hybridized carbons (Fsp3) is 0.565. The minimum atomic E-state index is -0.609. The molecule has 1 amide bonds. The normalized spacial score (nSPS) is 15.8. The summed E-state index contributed by atoms with van der Waals surface area (Å²) in [7, 11) is 0. The summed E-state index contributed by atoms with van der Waals surface area (Å²) in [4.78, 5) is 38.3. The Morgan fingerprint density at radius 2 is 1.81 bits per heavy atom. The second kappa shape index (κ2) is 9.44. The fourth-order valence-electron chi connectivity index (χ4n) is 3.93. The summed E-state index contributed by atoms with van der Waals surface area (Å²) in [6.07, 6.45) is 2.41. The van der Waals surface area contributed by atoms with Crippen molar-refractivity contribution in [3.8, 4) is 0 Å². The summed E-state index contributed by atoms with van der Waals surface area (Å²) in [6, 6.07) is 0. The van der Waals surface area contributed by atoms with E-state index < -0.39 is 17.8 Å². The fourth-order valence-corrected chi connectivity index (χ4v) is 5.01. The molecule has 0 saturated heterocycles. The molecule has 174 valence electrons. The molecule has 0 saturated carbocycles. The molecule has 3 rings (SSSR count). The molecule has 0 aliphatic heterocycles. The summed E-state index contributed by atoms with van der Waals surface area (Å²) in [6.45, 7) is 12.0. The molecule has 2 heterocycles. The zero-order valence-electron chi connectivity index (χ0n) is 19.4. The van der Waals surface area contributed by atoms with Gasteiger partial charge in [-0.05, 0) is 50.5 Å². The Balaban J connectivity index is 1.93. The number of carbonyl (C=O) groups excluding carboxylic acids is 3. The molecule has 9 heteroatoms. The van der Waals surface area contributed by atoms with E-state index in [2.05, 4.69) is 31.2 Å². The van der Waals surface area contributed by atoms with Gasteiger partial charge in [-0.25, -0.2) is 9.59 Å². The molecule has 0 radical (unpaired) electrons. The van der Waals surface area contributed by atoms with Crippen LogP contribution in [0, 0.1) is 18.3 Å². The molecule has 2 aromatic heterocycles. The van der Waals surface area contributed by atoms with Crippen molar-refractivity contribution >= 4 is 34.2 Å². The van der Waals surface area contributed by atoms with Gasteiger partial charge in [0.15, 0.2) is 5.69 Å². The number of aryl methyl sites for hydroxylation is 1. The van der Waals surface area contributed by atoms with Gasteiger partial charge in [0.1, 0.15) is 15.6 Å². The zero-order chi connectivity index (χ0) is 23.6. The Labute approximate surface area is 191 Å². The van der Waals surface area contributed by atoms with E-state index in [-0.39, 0.29) is 39.8 Å². The SMILES string of the molecule is CCOC(=O)c1sc(NC(=O)c2noc3c2C[C@@H](C(C)(C)C)CC3)c(C(=O)OCC)c1C. The number of nitrogens with one attached hydrogen (secondary N) is 1. The van der Waals surface area contributed by atoms with Gasteiger partial charge in [-0.1, -0.05) is 25.9 Å². The summed E-state index contributed by atoms with van der Waals surface area (Å²) < 4.78 is 15.7. The summed E-state index contributed by atoms with van der Waals surface area (Å²) in [5.74, 6) is -0.506. The van der Waals surface area contributed by atoms with Crippen LogP contribution in [0.3, 0.4) is 0 Å². The van der Waals surface area contributed by atoms with Crippen LogP contribution in [0.4, 0.5) is 5.00 Å². The van der Waals surface area contributed by atoms with E-state index in [9.17, 15) is 14.4 Å². The molecule has 1 N–H and O–H groups in total. The van der Waals surface area contributed by atoms with E-state index in [0.717, 1.165) is 35.5 Å². The van der Waals surface area contributed by atoms with Crippen LogP contribution in [0.1, 0.15) is 88.4 Å². The topological polar surface area (TPSA) is 108 Å². The molecule has 0 fully saturated rings. The molecule has 1 aliphatic carbocycles. The molecule has 32 heavy (non-hydrogen) atoms. The Hall–Kier alpha value is -2.68. The molecular formula is C23H30N2O6S. The van der Waals surface area contributed by atoms with Crippen LogP contribution in [-0.2, 0) is 22.3 Å². The second-order valence-electron chi connectivity index (χ2n) is 8.89. The third-order valence-electron chi connectivity index (χ3n) is 5.79.